The highest BCUT2D eigenvalue weighted by molar-refractivity contribution is 8.00. The van der Waals surface area contributed by atoms with Gasteiger partial charge in [0.1, 0.15) is 5.75 Å². The van der Waals surface area contributed by atoms with Gasteiger partial charge in [-0.05, 0) is 29.4 Å². The van der Waals surface area contributed by atoms with Crippen LogP contribution in [0.2, 0.25) is 0 Å². The van der Waals surface area contributed by atoms with E-state index in [1.165, 1.54) is 11.8 Å². The lowest BCUT2D eigenvalue weighted by Gasteiger charge is -2.28. The third kappa shape index (κ3) is 5.93. The van der Waals surface area contributed by atoms with Crippen molar-refractivity contribution < 1.29 is 15.1 Å². The summed E-state index contributed by atoms with van der Waals surface area (Å²) in [5.41, 5.74) is 3.12. The summed E-state index contributed by atoms with van der Waals surface area (Å²) in [4.78, 5) is 13.0. The van der Waals surface area contributed by atoms with Crippen molar-refractivity contribution in [1.82, 2.24) is 5.48 Å². The normalized spacial score (nSPS) is 13.6. The fourth-order valence-electron chi connectivity index (χ4n) is 2.69. The number of carbonyl (C=O) groups excluding carboxylic acids is 1. The fraction of sp³-hybridized carbons (Fsp3) is 0.650. The van der Waals surface area contributed by atoms with Crippen LogP contribution >= 0.6 is 11.8 Å². The zero-order valence-electron chi connectivity index (χ0n) is 16.6. The number of hydrogen-bond acceptors (Lipinski definition) is 4. The number of phenolic OH excluding ortho intramolecular Hbond substituents is 1. The molecule has 0 aliphatic rings. The van der Waals surface area contributed by atoms with Crippen LogP contribution in [0.25, 0.3) is 0 Å². The molecule has 0 spiro atoms. The van der Waals surface area contributed by atoms with Gasteiger partial charge in [0.2, 0.25) is 0 Å². The summed E-state index contributed by atoms with van der Waals surface area (Å²) in [5.74, 6) is -0.0396. The van der Waals surface area contributed by atoms with E-state index in [1.54, 1.807) is 5.48 Å². The van der Waals surface area contributed by atoms with Crippen molar-refractivity contribution in [2.24, 2.45) is 0 Å². The van der Waals surface area contributed by atoms with Crippen molar-refractivity contribution >= 4 is 17.7 Å². The van der Waals surface area contributed by atoms with E-state index in [1.807, 2.05) is 12.1 Å². The lowest BCUT2D eigenvalue weighted by molar-refractivity contribution is -0.128. The summed E-state index contributed by atoms with van der Waals surface area (Å²) in [6.45, 7) is 14.5. The van der Waals surface area contributed by atoms with Gasteiger partial charge in [-0.1, -0.05) is 61.3 Å². The van der Waals surface area contributed by atoms with Gasteiger partial charge in [0, 0.05) is 16.0 Å². The first kappa shape index (κ1) is 21.8. The molecule has 0 heterocycles. The van der Waals surface area contributed by atoms with E-state index in [9.17, 15) is 9.90 Å². The number of thioether (sulfide) groups is 1. The quantitative estimate of drug-likeness (QED) is 0.370. The van der Waals surface area contributed by atoms with Gasteiger partial charge >= 0.3 is 0 Å². The molecule has 0 radical (unpaired) electrons. The Labute approximate surface area is 156 Å². The lowest BCUT2D eigenvalue weighted by atomic mass is 9.79. The van der Waals surface area contributed by atoms with Gasteiger partial charge in [0.05, 0.1) is 5.25 Å². The topological polar surface area (TPSA) is 69.6 Å². The van der Waals surface area contributed by atoms with Gasteiger partial charge < -0.3 is 5.11 Å². The number of amides is 1. The molecule has 0 aliphatic carbocycles. The van der Waals surface area contributed by atoms with Crippen molar-refractivity contribution in [2.75, 3.05) is 0 Å². The maximum absolute atomic E-state index is 12.0. The van der Waals surface area contributed by atoms with E-state index in [4.69, 9.17) is 5.21 Å². The fourth-order valence-corrected chi connectivity index (χ4v) is 3.83. The number of rotatable bonds is 6. The highest BCUT2D eigenvalue weighted by Crippen LogP contribution is 2.42. The highest BCUT2D eigenvalue weighted by Gasteiger charge is 2.28. The molecule has 1 aromatic rings. The molecule has 5 heteroatoms. The Morgan fingerprint density at radius 2 is 1.60 bits per heavy atom. The number of aromatic hydroxyl groups is 1. The Morgan fingerprint density at radius 1 is 1.12 bits per heavy atom. The van der Waals surface area contributed by atoms with E-state index in [2.05, 4.69) is 48.5 Å². The molecule has 0 saturated carbocycles. The van der Waals surface area contributed by atoms with Crippen LogP contribution in [0.1, 0.15) is 78.9 Å². The Kier molecular flexibility index (Phi) is 7.39. The molecule has 0 aromatic heterocycles. The van der Waals surface area contributed by atoms with E-state index in [0.717, 1.165) is 28.9 Å². The number of carbonyl (C=O) groups is 1. The van der Waals surface area contributed by atoms with Crippen molar-refractivity contribution in [1.29, 1.82) is 0 Å². The van der Waals surface area contributed by atoms with Crippen LogP contribution in [-0.4, -0.2) is 21.5 Å². The number of unbranched alkanes of at least 4 members (excludes halogenated alkanes) is 1. The molecule has 25 heavy (non-hydrogen) atoms. The van der Waals surface area contributed by atoms with Crippen LogP contribution in [-0.2, 0) is 15.6 Å². The molecule has 142 valence electrons. The van der Waals surface area contributed by atoms with Crippen molar-refractivity contribution in [3.63, 3.8) is 0 Å². The number of nitrogens with one attached hydrogen (secondary N) is 1. The molecule has 1 unspecified atom stereocenters. The van der Waals surface area contributed by atoms with Crippen molar-refractivity contribution in [3.8, 4) is 5.75 Å². The first-order valence-electron chi connectivity index (χ1n) is 8.90. The first-order valence-corrected chi connectivity index (χ1v) is 9.78. The molecule has 0 saturated heterocycles. The van der Waals surface area contributed by atoms with E-state index in [0.29, 0.717) is 12.2 Å². The molecule has 0 bridgehead atoms. The molecule has 4 nitrogen and oxygen atoms in total. The summed E-state index contributed by atoms with van der Waals surface area (Å²) in [6, 6.07) is 3.94. The zero-order chi connectivity index (χ0) is 19.4. The summed E-state index contributed by atoms with van der Waals surface area (Å²) in [7, 11) is 0. The minimum absolute atomic E-state index is 0.210. The standard InChI is InChI=1S/C20H33NO3S/c1-8-9-10-16(18(23)21-24)25-13-11-14(19(2,3)4)17(22)15(12-13)20(5,6)7/h11-12,16,22,24H,8-10H2,1-7H3,(H,21,23). The van der Waals surface area contributed by atoms with Crippen LogP contribution in [0, 0.1) is 0 Å². The lowest BCUT2D eigenvalue weighted by Crippen LogP contribution is -2.30. The molecular formula is C20H33NO3S. The van der Waals surface area contributed by atoms with Gasteiger partial charge in [-0.25, -0.2) is 5.48 Å². The summed E-state index contributed by atoms with van der Waals surface area (Å²) in [6.07, 6.45) is 2.61. The molecule has 0 aliphatic heterocycles. The van der Waals surface area contributed by atoms with E-state index in [-0.39, 0.29) is 22.0 Å². The maximum Gasteiger partial charge on any atom is 0.256 e. The molecule has 0 fully saturated rings. The highest BCUT2D eigenvalue weighted by atomic mass is 32.2. The summed E-state index contributed by atoms with van der Waals surface area (Å²) in [5, 5.41) is 19.5. The third-order valence-corrected chi connectivity index (χ3v) is 5.44. The predicted molar refractivity (Wildman–Crippen MR) is 105 cm³/mol. The molecule has 1 aromatic carbocycles. The minimum Gasteiger partial charge on any atom is -0.507 e. The second-order valence-corrected chi connectivity index (χ2v) is 9.87. The largest absolute Gasteiger partial charge is 0.507 e. The Bertz CT molecular complexity index is 565. The van der Waals surface area contributed by atoms with Crippen LogP contribution in [0.15, 0.2) is 17.0 Å². The molecule has 3 N–H and O–H groups in total. The Hall–Kier alpha value is -1.20. The first-order chi connectivity index (χ1) is 11.4. The minimum atomic E-state index is -0.374. The van der Waals surface area contributed by atoms with Gasteiger partial charge in [0.25, 0.3) is 5.91 Å². The second-order valence-electron chi connectivity index (χ2n) is 8.59. The molecule has 1 amide bonds. The van der Waals surface area contributed by atoms with Gasteiger partial charge in [-0.3, -0.25) is 10.0 Å². The van der Waals surface area contributed by atoms with Crippen LogP contribution in [0.4, 0.5) is 0 Å². The summed E-state index contributed by atoms with van der Waals surface area (Å²) >= 11 is 1.45. The average Bonchev–Trinajstić information content (AvgIpc) is 2.49. The molecular weight excluding hydrogens is 334 g/mol. The molecule has 1 atom stereocenters. The Balaban J connectivity index is 3.36. The van der Waals surface area contributed by atoms with Crippen LogP contribution < -0.4 is 5.48 Å². The molecule has 1 rings (SSSR count). The predicted octanol–water partition coefficient (Wildman–Crippen LogP) is 5.14. The van der Waals surface area contributed by atoms with Crippen molar-refractivity contribution in [3.05, 3.63) is 23.3 Å². The average molecular weight is 368 g/mol. The number of benzene rings is 1. The van der Waals surface area contributed by atoms with Gasteiger partial charge in [0.15, 0.2) is 0 Å². The van der Waals surface area contributed by atoms with Crippen molar-refractivity contribution in [2.45, 2.75) is 88.7 Å². The monoisotopic (exact) mass is 367 g/mol. The smallest absolute Gasteiger partial charge is 0.256 e. The third-order valence-electron chi connectivity index (χ3n) is 4.20. The number of phenols is 1. The Morgan fingerprint density at radius 3 is 1.96 bits per heavy atom. The van der Waals surface area contributed by atoms with E-state index >= 15 is 0 Å². The van der Waals surface area contributed by atoms with Crippen LogP contribution in [0.5, 0.6) is 5.75 Å². The summed E-state index contributed by atoms with van der Waals surface area (Å²) < 4.78 is 0. The van der Waals surface area contributed by atoms with Gasteiger partial charge in [-0.2, -0.15) is 0 Å². The number of hydrogen-bond donors (Lipinski definition) is 3. The number of hydroxylamine groups is 1. The maximum atomic E-state index is 12.0. The SMILES string of the molecule is CCCCC(Sc1cc(C(C)(C)C)c(O)c(C(C)(C)C)c1)C(=O)NO. The second kappa shape index (κ2) is 8.45. The van der Waals surface area contributed by atoms with Crippen LogP contribution in [0.3, 0.4) is 0 Å². The van der Waals surface area contributed by atoms with E-state index < -0.39 is 0 Å². The van der Waals surface area contributed by atoms with Gasteiger partial charge in [-0.15, -0.1) is 11.8 Å². The zero-order valence-corrected chi connectivity index (χ0v) is 17.4.